The number of nitrogens with zero attached hydrogens (tertiary/aromatic N) is 1. The molecule has 1 aliphatic rings. The van der Waals surface area contributed by atoms with Crippen LogP contribution in [0, 0.1) is 5.82 Å². The van der Waals surface area contributed by atoms with Crippen LogP contribution in [0.3, 0.4) is 0 Å². The molecule has 0 amide bonds. The van der Waals surface area contributed by atoms with Gasteiger partial charge in [0.1, 0.15) is 23.9 Å². The second-order valence-electron chi connectivity index (χ2n) is 7.08. The highest BCUT2D eigenvalue weighted by Crippen LogP contribution is 2.40. The van der Waals surface area contributed by atoms with Crippen LogP contribution in [-0.4, -0.2) is 16.1 Å². The number of pyridine rings is 1. The average Bonchev–Trinajstić information content (AvgIpc) is 3.23. The van der Waals surface area contributed by atoms with Gasteiger partial charge in [-0.3, -0.25) is 0 Å². The zero-order valence-corrected chi connectivity index (χ0v) is 16.8. The van der Waals surface area contributed by atoms with Gasteiger partial charge in [0.05, 0.1) is 5.69 Å². The Kier molecular flexibility index (Phi) is 5.81. The maximum absolute atomic E-state index is 14.0. The van der Waals surface area contributed by atoms with Crippen molar-refractivity contribution < 1.29 is 19.0 Å². The largest absolute Gasteiger partial charge is 0.489 e. The maximum Gasteiger partial charge on any atom is 0.354 e. The number of benzene rings is 2. The normalized spacial score (nSPS) is 13.5. The van der Waals surface area contributed by atoms with Crippen molar-refractivity contribution in [3.63, 3.8) is 0 Å². The van der Waals surface area contributed by atoms with Gasteiger partial charge in [0.2, 0.25) is 0 Å². The van der Waals surface area contributed by atoms with E-state index >= 15 is 0 Å². The van der Waals surface area contributed by atoms with Crippen molar-refractivity contribution in [1.29, 1.82) is 0 Å². The number of hydrogen-bond donors (Lipinski definition) is 1. The van der Waals surface area contributed by atoms with Crippen molar-refractivity contribution in [2.45, 2.75) is 25.9 Å². The summed E-state index contributed by atoms with van der Waals surface area (Å²) in [5, 5.41) is 9.58. The Labute approximate surface area is 178 Å². The second-order valence-corrected chi connectivity index (χ2v) is 7.51. The van der Waals surface area contributed by atoms with Crippen LogP contribution in [0.2, 0.25) is 5.02 Å². The fourth-order valence-corrected chi connectivity index (χ4v) is 3.80. The molecule has 4 nitrogen and oxygen atoms in total. The number of aromatic carboxylic acids is 1. The first kappa shape index (κ1) is 20.1. The summed E-state index contributed by atoms with van der Waals surface area (Å²) >= 11 is 5.80. The highest BCUT2D eigenvalue weighted by atomic mass is 35.5. The molecule has 2 aromatic carbocycles. The lowest BCUT2D eigenvalue weighted by molar-refractivity contribution is 0.0690. The molecule has 1 aliphatic carbocycles. The van der Waals surface area contributed by atoms with Crippen LogP contribution in [-0.2, 0) is 6.61 Å². The number of ether oxygens (including phenoxy) is 1. The van der Waals surface area contributed by atoms with E-state index in [2.05, 4.69) is 4.98 Å². The van der Waals surface area contributed by atoms with Crippen molar-refractivity contribution >= 4 is 28.7 Å². The van der Waals surface area contributed by atoms with Gasteiger partial charge in [0.15, 0.2) is 0 Å². The third-order valence-corrected chi connectivity index (χ3v) is 5.32. The van der Waals surface area contributed by atoms with Gasteiger partial charge < -0.3 is 9.84 Å². The van der Waals surface area contributed by atoms with E-state index in [1.807, 2.05) is 30.3 Å². The van der Waals surface area contributed by atoms with E-state index in [1.165, 1.54) is 12.1 Å². The predicted octanol–water partition coefficient (Wildman–Crippen LogP) is 6.25. The monoisotopic (exact) mass is 423 g/mol. The molecule has 4 rings (SSSR count). The van der Waals surface area contributed by atoms with Gasteiger partial charge in [-0.15, -0.1) is 0 Å². The zero-order valence-electron chi connectivity index (χ0n) is 16.1. The molecule has 0 unspecified atom stereocenters. The van der Waals surface area contributed by atoms with E-state index in [-0.39, 0.29) is 12.3 Å². The number of aromatic nitrogens is 1. The number of hydrogen-bond acceptors (Lipinski definition) is 3. The first-order chi connectivity index (χ1) is 14.5. The fraction of sp³-hybridized carbons (Fsp3) is 0.167. The SMILES string of the molecule is O=C(O)c1cccc(C2=C(c3cccc(OCc4ccc(Cl)cc4F)c3)CCC2)n1. The molecular weight excluding hydrogens is 405 g/mol. The summed E-state index contributed by atoms with van der Waals surface area (Å²) in [5.41, 5.74) is 4.34. The van der Waals surface area contributed by atoms with Gasteiger partial charge >= 0.3 is 5.97 Å². The highest BCUT2D eigenvalue weighted by Gasteiger charge is 2.20. The molecule has 0 aliphatic heterocycles. The summed E-state index contributed by atoms with van der Waals surface area (Å²) in [4.78, 5) is 15.6. The van der Waals surface area contributed by atoms with Gasteiger partial charge in [-0.1, -0.05) is 35.9 Å². The van der Waals surface area contributed by atoms with Gasteiger partial charge in [0.25, 0.3) is 0 Å². The summed E-state index contributed by atoms with van der Waals surface area (Å²) in [5.74, 6) is -0.807. The third kappa shape index (κ3) is 4.36. The number of halogens is 2. The lowest BCUT2D eigenvalue weighted by Crippen LogP contribution is -2.02. The Balaban J connectivity index is 1.60. The molecule has 152 valence electrons. The number of rotatable bonds is 6. The lowest BCUT2D eigenvalue weighted by atomic mass is 9.99. The number of carboxylic acids is 1. The Morgan fingerprint density at radius 1 is 1.07 bits per heavy atom. The summed E-state index contributed by atoms with van der Waals surface area (Å²) in [6.45, 7) is 0.0978. The minimum absolute atomic E-state index is 0.0355. The third-order valence-electron chi connectivity index (χ3n) is 5.09. The van der Waals surface area contributed by atoms with E-state index in [1.54, 1.807) is 18.2 Å². The van der Waals surface area contributed by atoms with Gasteiger partial charge in [0, 0.05) is 10.6 Å². The lowest BCUT2D eigenvalue weighted by Gasteiger charge is -2.12. The minimum Gasteiger partial charge on any atom is -0.489 e. The van der Waals surface area contributed by atoms with Gasteiger partial charge in [-0.2, -0.15) is 0 Å². The molecule has 6 heteroatoms. The zero-order chi connectivity index (χ0) is 21.1. The molecule has 0 saturated heterocycles. The molecule has 1 heterocycles. The van der Waals surface area contributed by atoms with Crippen molar-refractivity contribution in [2.24, 2.45) is 0 Å². The molecule has 1 aromatic heterocycles. The maximum atomic E-state index is 14.0. The van der Waals surface area contributed by atoms with Crippen LogP contribution >= 0.6 is 11.6 Å². The van der Waals surface area contributed by atoms with Crippen LogP contribution in [0.15, 0.2) is 60.7 Å². The van der Waals surface area contributed by atoms with Crippen molar-refractivity contribution in [1.82, 2.24) is 4.98 Å². The molecule has 1 N–H and O–H groups in total. The van der Waals surface area contributed by atoms with Crippen LogP contribution in [0.4, 0.5) is 4.39 Å². The second kappa shape index (κ2) is 8.67. The summed E-state index contributed by atoms with van der Waals surface area (Å²) in [6, 6.07) is 17.2. The predicted molar refractivity (Wildman–Crippen MR) is 114 cm³/mol. The quantitative estimate of drug-likeness (QED) is 0.509. The molecule has 0 atom stereocenters. The summed E-state index contributed by atoms with van der Waals surface area (Å²) < 4.78 is 19.8. The van der Waals surface area contributed by atoms with Crippen molar-refractivity contribution in [2.75, 3.05) is 0 Å². The van der Waals surface area contributed by atoms with E-state index in [0.29, 0.717) is 22.0 Å². The van der Waals surface area contributed by atoms with Gasteiger partial charge in [-0.05, 0) is 72.4 Å². The molecular formula is C24H19ClFNO3. The fourth-order valence-electron chi connectivity index (χ4n) is 3.64. The first-order valence-electron chi connectivity index (χ1n) is 9.61. The first-order valence-corrected chi connectivity index (χ1v) is 9.99. The molecule has 0 saturated carbocycles. The summed E-state index contributed by atoms with van der Waals surface area (Å²) in [7, 11) is 0. The van der Waals surface area contributed by atoms with Crippen LogP contribution in [0.1, 0.15) is 46.6 Å². The van der Waals surface area contributed by atoms with E-state index < -0.39 is 11.8 Å². The van der Waals surface area contributed by atoms with E-state index in [0.717, 1.165) is 36.0 Å². The topological polar surface area (TPSA) is 59.4 Å². The average molecular weight is 424 g/mol. The van der Waals surface area contributed by atoms with E-state index in [4.69, 9.17) is 16.3 Å². The van der Waals surface area contributed by atoms with Crippen molar-refractivity contribution in [3.05, 3.63) is 94.0 Å². The molecule has 0 bridgehead atoms. The molecule has 0 radical (unpaired) electrons. The van der Waals surface area contributed by atoms with E-state index in [9.17, 15) is 14.3 Å². The smallest absolute Gasteiger partial charge is 0.354 e. The molecule has 0 spiro atoms. The van der Waals surface area contributed by atoms with Gasteiger partial charge in [-0.25, -0.2) is 14.2 Å². The Hall–Kier alpha value is -3.18. The summed E-state index contributed by atoms with van der Waals surface area (Å²) in [6.07, 6.45) is 2.70. The number of carbonyl (C=O) groups is 1. The number of carboxylic acid groups (broad SMARTS) is 1. The Morgan fingerprint density at radius 2 is 1.87 bits per heavy atom. The van der Waals surface area contributed by atoms with Crippen LogP contribution < -0.4 is 4.74 Å². The Bertz CT molecular complexity index is 1140. The Morgan fingerprint density at radius 3 is 2.67 bits per heavy atom. The molecule has 3 aromatic rings. The molecule has 30 heavy (non-hydrogen) atoms. The van der Waals surface area contributed by atoms with Crippen LogP contribution in [0.5, 0.6) is 5.75 Å². The molecule has 0 fully saturated rings. The highest BCUT2D eigenvalue weighted by molar-refractivity contribution is 6.30. The minimum atomic E-state index is -1.04. The standard InChI is InChI=1S/C24H19ClFNO3/c25-17-11-10-16(21(26)13-17)14-30-18-5-1-4-15(12-18)19-6-2-7-20(19)22-8-3-9-23(27-22)24(28)29/h1,3-5,8-13H,2,6-7,14H2,(H,28,29). The number of allylic oxidation sites excluding steroid dienone is 2. The van der Waals surface area contributed by atoms with Crippen molar-refractivity contribution in [3.8, 4) is 5.75 Å². The van der Waals surface area contributed by atoms with Crippen LogP contribution in [0.25, 0.3) is 11.1 Å².